The van der Waals surface area contributed by atoms with Crippen LogP contribution in [0.25, 0.3) is 10.9 Å². The molecule has 3 aromatic rings. The van der Waals surface area contributed by atoms with Gasteiger partial charge in [0.25, 0.3) is 0 Å². The van der Waals surface area contributed by atoms with E-state index in [-0.39, 0.29) is 0 Å². The summed E-state index contributed by atoms with van der Waals surface area (Å²) in [5.74, 6) is 0.838. The quantitative estimate of drug-likeness (QED) is 0.554. The minimum atomic E-state index is 0.838. The first-order chi connectivity index (χ1) is 9.24. The van der Waals surface area contributed by atoms with Gasteiger partial charge in [0.15, 0.2) is 0 Å². The number of anilines is 2. The third-order valence-electron chi connectivity index (χ3n) is 2.71. The maximum Gasteiger partial charge on any atom is 0.141 e. The normalized spacial score (nSPS) is 10.6. The van der Waals surface area contributed by atoms with Gasteiger partial charge in [-0.25, -0.2) is 9.97 Å². The fourth-order valence-corrected chi connectivity index (χ4v) is 2.73. The topological polar surface area (TPSA) is 37.8 Å². The second kappa shape index (κ2) is 5.58. The second-order valence-corrected chi connectivity index (χ2v) is 6.32. The van der Waals surface area contributed by atoms with Crippen molar-refractivity contribution in [2.24, 2.45) is 0 Å². The first-order valence-corrected chi connectivity index (χ1v) is 7.81. The van der Waals surface area contributed by atoms with E-state index < -0.39 is 0 Å². The summed E-state index contributed by atoms with van der Waals surface area (Å²) in [5, 5.41) is 4.37. The molecule has 0 bridgehead atoms. The monoisotopic (exact) mass is 473 g/mol. The predicted octanol–water partition coefficient (Wildman–Crippen LogP) is 4.58. The average molecular weight is 473 g/mol. The van der Waals surface area contributed by atoms with E-state index in [2.05, 4.69) is 72.6 Å². The molecule has 2 aromatic carbocycles. The van der Waals surface area contributed by atoms with E-state index >= 15 is 0 Å². The van der Waals surface area contributed by atoms with Gasteiger partial charge in [0.05, 0.1) is 5.52 Å². The molecule has 0 aliphatic heterocycles. The number of aromatic nitrogens is 2. The molecule has 0 saturated carbocycles. The van der Waals surface area contributed by atoms with Crippen molar-refractivity contribution in [1.29, 1.82) is 0 Å². The fourth-order valence-electron chi connectivity index (χ4n) is 1.81. The molecule has 0 spiro atoms. The van der Waals surface area contributed by atoms with Crippen molar-refractivity contribution in [3.8, 4) is 0 Å². The largest absolute Gasteiger partial charge is 0.340 e. The Morgan fingerprint density at radius 2 is 1.63 bits per heavy atom. The molecule has 1 aromatic heterocycles. The van der Waals surface area contributed by atoms with Crippen molar-refractivity contribution in [2.45, 2.75) is 0 Å². The molecule has 5 heteroatoms. The minimum Gasteiger partial charge on any atom is -0.340 e. The zero-order valence-electron chi connectivity index (χ0n) is 9.77. The number of benzene rings is 2. The molecule has 1 N–H and O–H groups in total. The summed E-state index contributed by atoms with van der Waals surface area (Å²) < 4.78 is 2.41. The van der Waals surface area contributed by atoms with Crippen molar-refractivity contribution < 1.29 is 0 Å². The van der Waals surface area contributed by atoms with Gasteiger partial charge in [-0.05, 0) is 69.4 Å². The van der Waals surface area contributed by atoms with Crippen molar-refractivity contribution in [2.75, 3.05) is 5.32 Å². The molecule has 0 radical (unpaired) electrons. The molecule has 3 nitrogen and oxygen atoms in total. The maximum absolute atomic E-state index is 4.34. The Morgan fingerprint density at radius 1 is 0.895 bits per heavy atom. The van der Waals surface area contributed by atoms with Gasteiger partial charge >= 0.3 is 0 Å². The fraction of sp³-hybridized carbons (Fsp3) is 0. The number of hydrogen-bond donors (Lipinski definition) is 1. The first kappa shape index (κ1) is 13.0. The van der Waals surface area contributed by atoms with Crippen LogP contribution < -0.4 is 5.32 Å². The number of para-hydroxylation sites is 1. The third-order valence-corrected chi connectivity index (χ3v) is 5.53. The second-order valence-electron chi connectivity index (χ2n) is 4.00. The highest BCUT2D eigenvalue weighted by atomic mass is 127. The summed E-state index contributed by atoms with van der Waals surface area (Å²) >= 11 is 4.65. The Balaban J connectivity index is 2.11. The summed E-state index contributed by atoms with van der Waals surface area (Å²) in [7, 11) is 0. The predicted molar refractivity (Wildman–Crippen MR) is 94.7 cm³/mol. The lowest BCUT2D eigenvalue weighted by molar-refractivity contribution is 1.22. The van der Waals surface area contributed by atoms with Crippen LogP contribution in [-0.4, -0.2) is 9.97 Å². The van der Waals surface area contributed by atoms with Gasteiger partial charge in [-0.3, -0.25) is 0 Å². The Labute approximate surface area is 138 Å². The van der Waals surface area contributed by atoms with Gasteiger partial charge in [0.1, 0.15) is 12.1 Å². The minimum absolute atomic E-state index is 0.838. The van der Waals surface area contributed by atoms with Crippen molar-refractivity contribution >= 4 is 67.6 Å². The molecule has 0 unspecified atom stereocenters. The van der Waals surface area contributed by atoms with Gasteiger partial charge in [-0.2, -0.15) is 0 Å². The third kappa shape index (κ3) is 2.81. The molecule has 94 valence electrons. The van der Waals surface area contributed by atoms with Crippen LogP contribution in [0.2, 0.25) is 0 Å². The lowest BCUT2D eigenvalue weighted by Gasteiger charge is -2.09. The van der Waals surface area contributed by atoms with Crippen LogP contribution in [0, 0.1) is 7.14 Å². The Kier molecular flexibility index (Phi) is 3.83. The van der Waals surface area contributed by atoms with Gasteiger partial charge in [0.2, 0.25) is 0 Å². The highest BCUT2D eigenvalue weighted by molar-refractivity contribution is 14.1. The van der Waals surface area contributed by atoms with Gasteiger partial charge < -0.3 is 5.32 Å². The number of nitrogens with one attached hydrogen (secondary N) is 1. The number of rotatable bonds is 2. The lowest BCUT2D eigenvalue weighted by Crippen LogP contribution is -1.96. The molecular formula is C14H9I2N3. The Bertz CT molecular complexity index is 729. The van der Waals surface area contributed by atoms with E-state index in [1.807, 2.05) is 30.3 Å². The molecule has 0 atom stereocenters. The molecule has 3 rings (SSSR count). The van der Waals surface area contributed by atoms with E-state index in [0.717, 1.165) is 22.4 Å². The van der Waals surface area contributed by atoms with Crippen molar-refractivity contribution in [3.05, 3.63) is 55.9 Å². The summed E-state index contributed by atoms with van der Waals surface area (Å²) in [5.41, 5.74) is 1.98. The summed E-state index contributed by atoms with van der Waals surface area (Å²) in [4.78, 5) is 8.67. The van der Waals surface area contributed by atoms with E-state index in [4.69, 9.17) is 0 Å². The van der Waals surface area contributed by atoms with E-state index in [1.54, 1.807) is 6.33 Å². The molecule has 0 aliphatic carbocycles. The molecule has 0 saturated heterocycles. The van der Waals surface area contributed by atoms with Crippen molar-refractivity contribution in [3.63, 3.8) is 0 Å². The summed E-state index contributed by atoms with van der Waals surface area (Å²) in [6.07, 6.45) is 1.59. The Morgan fingerprint density at radius 3 is 2.42 bits per heavy atom. The zero-order valence-corrected chi connectivity index (χ0v) is 14.1. The van der Waals surface area contributed by atoms with E-state index in [1.165, 1.54) is 7.14 Å². The van der Waals surface area contributed by atoms with Crippen LogP contribution in [0.5, 0.6) is 0 Å². The summed E-state index contributed by atoms with van der Waals surface area (Å²) in [6, 6.07) is 14.2. The van der Waals surface area contributed by atoms with Crippen LogP contribution in [0.15, 0.2) is 48.8 Å². The maximum atomic E-state index is 4.34. The number of halogens is 2. The van der Waals surface area contributed by atoms with Crippen LogP contribution in [0.4, 0.5) is 11.5 Å². The number of fused-ring (bicyclic) bond motifs is 1. The molecule has 0 fully saturated rings. The van der Waals surface area contributed by atoms with Gasteiger partial charge in [-0.1, -0.05) is 18.2 Å². The molecule has 1 heterocycles. The smallest absolute Gasteiger partial charge is 0.141 e. The standard InChI is InChI=1S/C14H9I2N3/c15-11-6-10-13(7-12(11)16)17-8-18-14(10)19-9-4-2-1-3-5-9/h1-8H,(H,17,18,19). The van der Waals surface area contributed by atoms with Crippen LogP contribution >= 0.6 is 45.2 Å². The molecular weight excluding hydrogens is 464 g/mol. The average Bonchev–Trinajstić information content (AvgIpc) is 2.42. The van der Waals surface area contributed by atoms with Gasteiger partial charge in [0, 0.05) is 18.2 Å². The van der Waals surface area contributed by atoms with Crippen LogP contribution in [-0.2, 0) is 0 Å². The van der Waals surface area contributed by atoms with Crippen LogP contribution in [0.1, 0.15) is 0 Å². The summed E-state index contributed by atoms with van der Waals surface area (Å²) in [6.45, 7) is 0. The van der Waals surface area contributed by atoms with Crippen LogP contribution in [0.3, 0.4) is 0 Å². The molecule has 0 aliphatic rings. The zero-order chi connectivity index (χ0) is 13.2. The lowest BCUT2D eigenvalue weighted by atomic mass is 10.2. The molecule has 19 heavy (non-hydrogen) atoms. The van der Waals surface area contributed by atoms with E-state index in [0.29, 0.717) is 0 Å². The number of nitrogens with zero attached hydrogens (tertiary/aromatic N) is 2. The van der Waals surface area contributed by atoms with E-state index in [9.17, 15) is 0 Å². The highest BCUT2D eigenvalue weighted by Crippen LogP contribution is 2.27. The highest BCUT2D eigenvalue weighted by Gasteiger charge is 2.07. The van der Waals surface area contributed by atoms with Crippen molar-refractivity contribution in [1.82, 2.24) is 9.97 Å². The van der Waals surface area contributed by atoms with Gasteiger partial charge in [-0.15, -0.1) is 0 Å². The first-order valence-electron chi connectivity index (χ1n) is 5.66. The molecule has 0 amide bonds. The Hall–Kier alpha value is -0.960. The number of hydrogen-bond acceptors (Lipinski definition) is 3. The SMILES string of the molecule is Ic1cc2ncnc(Nc3ccccc3)c2cc1I.